The van der Waals surface area contributed by atoms with Gasteiger partial charge in [-0.3, -0.25) is 5.32 Å². The zero-order chi connectivity index (χ0) is 21.0. The number of hydrogen-bond donors (Lipinski definition) is 2. The van der Waals surface area contributed by atoms with E-state index < -0.39 is 0 Å². The van der Waals surface area contributed by atoms with Gasteiger partial charge in [-0.25, -0.2) is 9.97 Å². The summed E-state index contributed by atoms with van der Waals surface area (Å²) in [5, 5.41) is 7.67. The second kappa shape index (κ2) is 9.69. The summed E-state index contributed by atoms with van der Waals surface area (Å²) < 4.78 is 0. The Balaban J connectivity index is 1.85. The summed E-state index contributed by atoms with van der Waals surface area (Å²) in [4.78, 5) is 15.8. The highest BCUT2D eigenvalue weighted by molar-refractivity contribution is 7.80. The van der Waals surface area contributed by atoms with Gasteiger partial charge in [-0.15, -0.1) is 0 Å². The molecule has 0 radical (unpaired) electrons. The Bertz CT molecular complexity index is 913. The third kappa shape index (κ3) is 6.26. The number of thiocarbonyl (C=S) groups is 1. The molecular formula is C20H24Cl2N6S. The molecule has 2 aromatic rings. The first-order valence-electron chi connectivity index (χ1n) is 9.49. The molecule has 1 aromatic heterocycles. The molecule has 1 saturated heterocycles. The zero-order valence-electron chi connectivity index (χ0n) is 16.7. The van der Waals surface area contributed by atoms with E-state index in [0.717, 1.165) is 30.9 Å². The molecule has 154 valence electrons. The fraction of sp³-hybridized carbons (Fsp3) is 0.400. The lowest BCUT2D eigenvalue weighted by Gasteiger charge is -2.33. The predicted octanol–water partition coefficient (Wildman–Crippen LogP) is 5.30. The van der Waals surface area contributed by atoms with E-state index in [9.17, 15) is 0 Å². The van der Waals surface area contributed by atoms with Crippen LogP contribution in [0, 0.1) is 19.8 Å². The fourth-order valence-corrected chi connectivity index (χ4v) is 3.92. The van der Waals surface area contributed by atoms with Crippen molar-refractivity contribution in [3.8, 4) is 0 Å². The molecule has 9 heteroatoms. The van der Waals surface area contributed by atoms with E-state index in [1.165, 1.54) is 6.42 Å². The van der Waals surface area contributed by atoms with Crippen LogP contribution in [-0.2, 0) is 0 Å². The molecule has 1 fully saturated rings. The average molecular weight is 451 g/mol. The van der Waals surface area contributed by atoms with Crippen LogP contribution in [0.3, 0.4) is 0 Å². The molecule has 2 N–H and O–H groups in total. The fourth-order valence-electron chi connectivity index (χ4n) is 3.27. The standard InChI is InChI=1S/C20H24Cl2N6S/c1-12-5-4-8-28(11-12)19(26-18-23-13(2)9-14(3)24-18)27-20(29)25-17-7-6-15(21)10-16(17)22/h6-7,9-10,12H,4-5,8,11H2,1-3H3,(H2,23,24,25,26,27,29). The van der Waals surface area contributed by atoms with Gasteiger partial charge < -0.3 is 10.2 Å². The Morgan fingerprint density at radius 3 is 2.55 bits per heavy atom. The van der Waals surface area contributed by atoms with Gasteiger partial charge in [0.2, 0.25) is 17.0 Å². The number of benzene rings is 1. The van der Waals surface area contributed by atoms with Gasteiger partial charge in [0, 0.05) is 29.5 Å². The minimum Gasteiger partial charge on any atom is -0.342 e. The van der Waals surface area contributed by atoms with Gasteiger partial charge in [-0.1, -0.05) is 30.1 Å². The van der Waals surface area contributed by atoms with E-state index in [1.54, 1.807) is 18.2 Å². The molecule has 1 aliphatic heterocycles. The van der Waals surface area contributed by atoms with Crippen LogP contribution in [0.2, 0.25) is 10.0 Å². The van der Waals surface area contributed by atoms with Crippen LogP contribution in [-0.4, -0.2) is 39.0 Å². The third-order valence-electron chi connectivity index (χ3n) is 4.54. The van der Waals surface area contributed by atoms with Crippen LogP contribution >= 0.6 is 35.4 Å². The van der Waals surface area contributed by atoms with Crippen molar-refractivity contribution in [1.29, 1.82) is 0 Å². The van der Waals surface area contributed by atoms with E-state index in [1.807, 2.05) is 19.9 Å². The minimum absolute atomic E-state index is 0.291. The van der Waals surface area contributed by atoms with Crippen LogP contribution in [0.5, 0.6) is 0 Å². The minimum atomic E-state index is 0.291. The predicted molar refractivity (Wildman–Crippen MR) is 125 cm³/mol. The quantitative estimate of drug-likeness (QED) is 0.367. The maximum Gasteiger partial charge on any atom is 0.229 e. The third-order valence-corrected chi connectivity index (χ3v) is 5.28. The molecule has 0 saturated carbocycles. The molecule has 2 heterocycles. The van der Waals surface area contributed by atoms with Gasteiger partial charge in [0.25, 0.3) is 0 Å². The van der Waals surface area contributed by atoms with E-state index >= 15 is 0 Å². The number of aryl methyl sites for hydroxylation is 2. The second-order valence-corrected chi connectivity index (χ2v) is 8.51. The van der Waals surface area contributed by atoms with Crippen molar-refractivity contribution in [1.82, 2.24) is 14.9 Å². The van der Waals surface area contributed by atoms with Gasteiger partial charge in [-0.05, 0) is 69.1 Å². The molecule has 1 unspecified atom stereocenters. The number of nitrogens with zero attached hydrogens (tertiary/aromatic N) is 4. The summed E-state index contributed by atoms with van der Waals surface area (Å²) in [5.74, 6) is 1.71. The van der Waals surface area contributed by atoms with Gasteiger partial charge in [0.05, 0.1) is 10.7 Å². The SMILES string of the molecule is Cc1cc(C)nc(N/C(=N/C(=S)Nc2ccc(Cl)cc2Cl)N2CCCC(C)C2)n1. The summed E-state index contributed by atoms with van der Waals surface area (Å²) in [7, 11) is 0. The molecule has 0 bridgehead atoms. The van der Waals surface area contributed by atoms with Crippen molar-refractivity contribution in [2.75, 3.05) is 23.7 Å². The Hall–Kier alpha value is -1.96. The number of aliphatic imine (C=N–C) groups is 1. The average Bonchev–Trinajstić information content (AvgIpc) is 2.63. The number of guanidine groups is 1. The molecule has 0 spiro atoms. The number of nitrogens with one attached hydrogen (secondary N) is 2. The largest absolute Gasteiger partial charge is 0.342 e. The number of hydrogen-bond acceptors (Lipinski definition) is 3. The molecular weight excluding hydrogens is 427 g/mol. The number of halogens is 2. The first-order valence-corrected chi connectivity index (χ1v) is 10.7. The van der Waals surface area contributed by atoms with Crippen molar-refractivity contribution in [3.05, 3.63) is 45.7 Å². The molecule has 1 aliphatic rings. The molecule has 1 aromatic carbocycles. The molecule has 0 aliphatic carbocycles. The Morgan fingerprint density at radius 2 is 1.90 bits per heavy atom. The van der Waals surface area contributed by atoms with Crippen molar-refractivity contribution in [3.63, 3.8) is 0 Å². The van der Waals surface area contributed by atoms with Crippen LogP contribution in [0.25, 0.3) is 0 Å². The number of rotatable bonds is 2. The smallest absolute Gasteiger partial charge is 0.229 e. The van der Waals surface area contributed by atoms with Crippen molar-refractivity contribution >= 4 is 58.1 Å². The van der Waals surface area contributed by atoms with Crippen LogP contribution in [0.4, 0.5) is 11.6 Å². The second-order valence-electron chi connectivity index (χ2n) is 7.28. The maximum absolute atomic E-state index is 6.24. The number of piperidine rings is 1. The topological polar surface area (TPSA) is 65.4 Å². The summed E-state index contributed by atoms with van der Waals surface area (Å²) in [6, 6.07) is 7.11. The van der Waals surface area contributed by atoms with Gasteiger partial charge in [-0.2, -0.15) is 4.99 Å². The number of likely N-dealkylation sites (tertiary alicyclic amines) is 1. The van der Waals surface area contributed by atoms with Gasteiger partial charge >= 0.3 is 0 Å². The van der Waals surface area contributed by atoms with Crippen LogP contribution in [0.1, 0.15) is 31.2 Å². The summed E-state index contributed by atoms with van der Waals surface area (Å²) in [6.45, 7) is 7.90. The molecule has 6 nitrogen and oxygen atoms in total. The lowest BCUT2D eigenvalue weighted by atomic mass is 10.0. The Kier molecular flexibility index (Phi) is 7.27. The molecule has 0 amide bonds. The summed E-state index contributed by atoms with van der Waals surface area (Å²) >= 11 is 17.7. The lowest BCUT2D eigenvalue weighted by molar-refractivity contribution is 0.273. The van der Waals surface area contributed by atoms with Gasteiger partial charge in [0.1, 0.15) is 0 Å². The van der Waals surface area contributed by atoms with E-state index in [2.05, 4.69) is 37.4 Å². The normalized spacial score (nSPS) is 17.2. The number of aromatic nitrogens is 2. The Morgan fingerprint density at radius 1 is 1.17 bits per heavy atom. The van der Waals surface area contributed by atoms with Gasteiger partial charge in [0.15, 0.2) is 0 Å². The molecule has 3 rings (SSSR count). The molecule has 1 atom stereocenters. The molecule has 29 heavy (non-hydrogen) atoms. The van der Waals surface area contributed by atoms with E-state index in [0.29, 0.717) is 38.7 Å². The van der Waals surface area contributed by atoms with Crippen molar-refractivity contribution in [2.24, 2.45) is 10.9 Å². The van der Waals surface area contributed by atoms with E-state index in [4.69, 9.17) is 35.4 Å². The zero-order valence-corrected chi connectivity index (χ0v) is 19.0. The lowest BCUT2D eigenvalue weighted by Crippen LogP contribution is -2.43. The van der Waals surface area contributed by atoms with E-state index in [-0.39, 0.29) is 0 Å². The highest BCUT2D eigenvalue weighted by Crippen LogP contribution is 2.25. The summed E-state index contributed by atoms with van der Waals surface area (Å²) in [6.07, 6.45) is 2.30. The first-order chi connectivity index (χ1) is 13.8. The first kappa shape index (κ1) is 21.7. The van der Waals surface area contributed by atoms with Crippen LogP contribution < -0.4 is 10.6 Å². The van der Waals surface area contributed by atoms with Crippen molar-refractivity contribution in [2.45, 2.75) is 33.6 Å². The highest BCUT2D eigenvalue weighted by atomic mass is 35.5. The monoisotopic (exact) mass is 450 g/mol. The highest BCUT2D eigenvalue weighted by Gasteiger charge is 2.21. The summed E-state index contributed by atoms with van der Waals surface area (Å²) in [5.41, 5.74) is 2.43. The Labute approximate surface area is 186 Å². The maximum atomic E-state index is 6.24. The number of anilines is 2. The van der Waals surface area contributed by atoms with Crippen LogP contribution in [0.15, 0.2) is 29.3 Å². The van der Waals surface area contributed by atoms with Crippen molar-refractivity contribution < 1.29 is 0 Å².